The maximum atomic E-state index is 13.0. The maximum Gasteiger partial charge on any atom is 0.227 e. The fourth-order valence-corrected chi connectivity index (χ4v) is 4.75. The second kappa shape index (κ2) is 7.69. The average molecular weight is 410 g/mol. The predicted octanol–water partition coefficient (Wildman–Crippen LogP) is 5.53. The Labute approximate surface area is 183 Å². The molecule has 2 heterocycles. The largest absolute Gasteiger partial charge is 0.323 e. The Balaban J connectivity index is 1.54. The minimum Gasteiger partial charge on any atom is -0.323 e. The molecule has 4 aromatic rings. The average Bonchev–Trinajstić information content (AvgIpc) is 3.30. The minimum atomic E-state index is 0.0737. The highest BCUT2D eigenvalue weighted by molar-refractivity contribution is 5.97. The van der Waals surface area contributed by atoms with Gasteiger partial charge >= 0.3 is 0 Å². The van der Waals surface area contributed by atoms with E-state index < -0.39 is 0 Å². The van der Waals surface area contributed by atoms with Crippen LogP contribution < -0.4 is 4.90 Å². The van der Waals surface area contributed by atoms with Gasteiger partial charge in [0.25, 0.3) is 0 Å². The molecule has 1 aromatic heterocycles. The molecule has 31 heavy (non-hydrogen) atoms. The van der Waals surface area contributed by atoms with E-state index in [-0.39, 0.29) is 11.8 Å². The second-order valence-electron chi connectivity index (χ2n) is 8.67. The summed E-state index contributed by atoms with van der Waals surface area (Å²) in [6, 6.07) is 23.1. The Morgan fingerprint density at radius 1 is 0.935 bits per heavy atom. The summed E-state index contributed by atoms with van der Waals surface area (Å²) in [5.41, 5.74) is 8.03. The third-order valence-corrected chi connectivity index (χ3v) is 6.41. The number of carbonyl (C=O) groups excluding carboxylic acids is 1. The van der Waals surface area contributed by atoms with E-state index in [9.17, 15) is 4.79 Å². The number of amides is 1. The Morgan fingerprint density at radius 3 is 2.52 bits per heavy atom. The molecule has 0 unspecified atom stereocenters. The first kappa shape index (κ1) is 19.6. The van der Waals surface area contributed by atoms with Crippen molar-refractivity contribution >= 4 is 22.6 Å². The number of hydrogen-bond acceptors (Lipinski definition) is 2. The molecule has 3 aromatic carbocycles. The molecule has 1 aliphatic rings. The van der Waals surface area contributed by atoms with Crippen molar-refractivity contribution in [3.05, 3.63) is 94.8 Å². The van der Waals surface area contributed by atoms with E-state index in [1.54, 1.807) is 0 Å². The summed E-state index contributed by atoms with van der Waals surface area (Å²) in [6.07, 6.45) is 0.490. The third-order valence-electron chi connectivity index (χ3n) is 6.41. The number of para-hydroxylation sites is 2. The van der Waals surface area contributed by atoms with E-state index in [0.717, 1.165) is 34.7 Å². The van der Waals surface area contributed by atoms with Gasteiger partial charge in [-0.2, -0.15) is 0 Å². The predicted molar refractivity (Wildman–Crippen MR) is 126 cm³/mol. The number of nitrogens with zero attached hydrogens (tertiary/aromatic N) is 3. The minimum absolute atomic E-state index is 0.0737. The van der Waals surface area contributed by atoms with Gasteiger partial charge < -0.3 is 9.47 Å². The summed E-state index contributed by atoms with van der Waals surface area (Å²) in [7, 11) is 0. The smallest absolute Gasteiger partial charge is 0.227 e. The van der Waals surface area contributed by atoms with E-state index in [1.165, 1.54) is 16.7 Å². The van der Waals surface area contributed by atoms with Gasteiger partial charge in [0.15, 0.2) is 0 Å². The zero-order valence-corrected chi connectivity index (χ0v) is 18.3. The molecule has 1 atom stereocenters. The lowest BCUT2D eigenvalue weighted by Crippen LogP contribution is -2.25. The van der Waals surface area contributed by atoms with Gasteiger partial charge in [0, 0.05) is 31.1 Å². The van der Waals surface area contributed by atoms with Crippen LogP contribution in [0, 0.1) is 20.8 Å². The first-order chi connectivity index (χ1) is 15.0. The molecule has 5 rings (SSSR count). The molecule has 156 valence electrons. The number of hydrogen-bond donors (Lipinski definition) is 0. The van der Waals surface area contributed by atoms with Crippen LogP contribution >= 0.6 is 0 Å². The fraction of sp³-hybridized carbons (Fsp3) is 0.259. The lowest BCUT2D eigenvalue weighted by molar-refractivity contribution is -0.117. The number of rotatable bonds is 4. The summed E-state index contributed by atoms with van der Waals surface area (Å²) < 4.78 is 2.31. The first-order valence-corrected chi connectivity index (χ1v) is 10.9. The number of carbonyl (C=O) groups is 1. The summed E-state index contributed by atoms with van der Waals surface area (Å²) in [6.45, 7) is 7.74. The first-order valence-electron chi connectivity index (χ1n) is 10.9. The number of aryl methyl sites for hydroxylation is 3. The highest BCUT2D eigenvalue weighted by atomic mass is 16.2. The SMILES string of the molecule is Cc1ccc(N2C[C@@H](c3nc4ccccc4n3Cc3ccccc3C)CC2=O)c(C)c1. The summed E-state index contributed by atoms with van der Waals surface area (Å²) >= 11 is 0. The van der Waals surface area contributed by atoms with Crippen molar-refractivity contribution < 1.29 is 4.79 Å². The molecule has 4 heteroatoms. The Kier molecular flexibility index (Phi) is 4.85. The number of fused-ring (bicyclic) bond motifs is 1. The van der Waals surface area contributed by atoms with Crippen molar-refractivity contribution in [1.82, 2.24) is 9.55 Å². The van der Waals surface area contributed by atoms with Gasteiger partial charge in [-0.05, 0) is 55.7 Å². The molecule has 1 aliphatic heterocycles. The van der Waals surface area contributed by atoms with E-state index in [1.807, 2.05) is 11.0 Å². The molecule has 0 N–H and O–H groups in total. The molecular formula is C27H27N3O. The zero-order chi connectivity index (χ0) is 21.5. The van der Waals surface area contributed by atoms with Gasteiger partial charge in [0.05, 0.1) is 11.0 Å². The van der Waals surface area contributed by atoms with E-state index in [2.05, 4.69) is 86.0 Å². The van der Waals surface area contributed by atoms with Crippen molar-refractivity contribution in [3.63, 3.8) is 0 Å². The summed E-state index contributed by atoms with van der Waals surface area (Å²) in [5, 5.41) is 0. The molecule has 0 bridgehead atoms. The maximum absolute atomic E-state index is 13.0. The number of anilines is 1. The second-order valence-corrected chi connectivity index (χ2v) is 8.67. The molecule has 0 radical (unpaired) electrons. The summed E-state index contributed by atoms with van der Waals surface area (Å²) in [5.74, 6) is 1.25. The van der Waals surface area contributed by atoms with Crippen molar-refractivity contribution in [3.8, 4) is 0 Å². The molecular weight excluding hydrogens is 382 g/mol. The van der Waals surface area contributed by atoms with Crippen molar-refractivity contribution in [1.29, 1.82) is 0 Å². The van der Waals surface area contributed by atoms with Gasteiger partial charge in [-0.1, -0.05) is 54.1 Å². The standard InChI is InChI=1S/C27H27N3O/c1-18-12-13-24(20(3)14-18)29-17-22(15-26(29)31)27-28-23-10-6-7-11-25(23)30(27)16-21-9-5-4-8-19(21)2/h4-14,22H,15-17H2,1-3H3/t22-/m0/s1. The van der Waals surface area contributed by atoms with Gasteiger partial charge in [-0.3, -0.25) is 4.79 Å². The van der Waals surface area contributed by atoms with Crippen LogP contribution in [-0.4, -0.2) is 22.0 Å². The van der Waals surface area contributed by atoms with Crippen LogP contribution in [0.15, 0.2) is 66.7 Å². The van der Waals surface area contributed by atoms with Gasteiger partial charge in [0.2, 0.25) is 5.91 Å². The number of imidazole rings is 1. The van der Waals surface area contributed by atoms with Crippen molar-refractivity contribution in [2.75, 3.05) is 11.4 Å². The van der Waals surface area contributed by atoms with Gasteiger partial charge in [-0.15, -0.1) is 0 Å². The van der Waals surface area contributed by atoms with Crippen LogP contribution in [0.2, 0.25) is 0 Å². The Bertz CT molecular complexity index is 1290. The Hall–Kier alpha value is -3.40. The van der Waals surface area contributed by atoms with Crippen molar-refractivity contribution in [2.24, 2.45) is 0 Å². The van der Waals surface area contributed by atoms with E-state index in [0.29, 0.717) is 13.0 Å². The third kappa shape index (κ3) is 3.52. The lowest BCUT2D eigenvalue weighted by atomic mass is 10.1. The molecule has 1 saturated heterocycles. The van der Waals surface area contributed by atoms with Gasteiger partial charge in [0.1, 0.15) is 5.82 Å². The molecule has 1 amide bonds. The van der Waals surface area contributed by atoms with Crippen LogP contribution in [0.4, 0.5) is 5.69 Å². The highest BCUT2D eigenvalue weighted by Crippen LogP contribution is 2.35. The fourth-order valence-electron chi connectivity index (χ4n) is 4.75. The molecule has 0 aliphatic carbocycles. The quantitative estimate of drug-likeness (QED) is 0.444. The van der Waals surface area contributed by atoms with Crippen LogP contribution in [0.5, 0.6) is 0 Å². The highest BCUT2D eigenvalue weighted by Gasteiger charge is 2.35. The lowest BCUT2D eigenvalue weighted by Gasteiger charge is -2.20. The van der Waals surface area contributed by atoms with E-state index in [4.69, 9.17) is 4.98 Å². The van der Waals surface area contributed by atoms with Crippen LogP contribution in [0.25, 0.3) is 11.0 Å². The molecule has 1 fully saturated rings. The zero-order valence-electron chi connectivity index (χ0n) is 18.3. The van der Waals surface area contributed by atoms with E-state index >= 15 is 0 Å². The number of benzene rings is 3. The van der Waals surface area contributed by atoms with Crippen molar-refractivity contribution in [2.45, 2.75) is 39.7 Å². The Morgan fingerprint density at radius 2 is 1.71 bits per heavy atom. The topological polar surface area (TPSA) is 38.1 Å². The number of aromatic nitrogens is 2. The van der Waals surface area contributed by atoms with Gasteiger partial charge in [-0.25, -0.2) is 4.98 Å². The van der Waals surface area contributed by atoms with Crippen LogP contribution in [0.3, 0.4) is 0 Å². The molecule has 0 saturated carbocycles. The monoisotopic (exact) mass is 409 g/mol. The normalized spacial score (nSPS) is 16.4. The molecule has 4 nitrogen and oxygen atoms in total. The molecule has 0 spiro atoms. The van der Waals surface area contributed by atoms with Crippen LogP contribution in [-0.2, 0) is 11.3 Å². The van der Waals surface area contributed by atoms with Crippen LogP contribution in [0.1, 0.15) is 40.4 Å². The summed E-state index contributed by atoms with van der Waals surface area (Å²) in [4.78, 5) is 20.0.